The van der Waals surface area contributed by atoms with Crippen LogP contribution in [0, 0.1) is 11.3 Å². The number of nitriles is 1. The van der Waals surface area contributed by atoms with E-state index >= 15 is 0 Å². The van der Waals surface area contributed by atoms with Crippen LogP contribution in [0.15, 0.2) is 53.4 Å². The highest BCUT2D eigenvalue weighted by Gasteiger charge is 2.34. The molecule has 0 N–H and O–H groups in total. The number of rotatable bonds is 9. The predicted molar refractivity (Wildman–Crippen MR) is 132 cm³/mol. The Morgan fingerprint density at radius 1 is 1.03 bits per heavy atom. The second kappa shape index (κ2) is 11.3. The monoisotopic (exact) mass is 482 g/mol. The lowest BCUT2D eigenvalue weighted by Crippen LogP contribution is -2.49. The Morgan fingerprint density at radius 3 is 2.47 bits per heavy atom. The zero-order chi connectivity index (χ0) is 24.0. The molecule has 0 bridgehead atoms. The molecule has 2 heterocycles. The molecule has 0 spiro atoms. The standard InChI is InChI=1S/C26H34N4O3S/c1-33-25-8-5-9-26(19-25)34(31,32)30(17-16-28-12-2-3-13-28)24-10-14-29(15-11-24)21-23-7-4-6-22(18-23)20-27/h4-9,18-19,24H,2-3,10-17,21H2,1H3. The smallest absolute Gasteiger partial charge is 0.243 e. The van der Waals surface area contributed by atoms with Gasteiger partial charge in [-0.1, -0.05) is 18.2 Å². The number of ether oxygens (including phenoxy) is 1. The second-order valence-electron chi connectivity index (χ2n) is 9.16. The van der Waals surface area contributed by atoms with Gasteiger partial charge in [0.1, 0.15) is 5.75 Å². The zero-order valence-corrected chi connectivity index (χ0v) is 20.7. The molecule has 0 unspecified atom stereocenters. The molecule has 4 rings (SSSR count). The number of sulfonamides is 1. The molecule has 2 saturated heterocycles. The van der Waals surface area contributed by atoms with Crippen molar-refractivity contribution < 1.29 is 13.2 Å². The summed E-state index contributed by atoms with van der Waals surface area (Å²) in [7, 11) is -2.08. The molecule has 8 heteroatoms. The summed E-state index contributed by atoms with van der Waals surface area (Å²) in [6, 6.07) is 16.7. The fourth-order valence-electron chi connectivity index (χ4n) is 5.01. The summed E-state index contributed by atoms with van der Waals surface area (Å²) in [5.41, 5.74) is 1.79. The van der Waals surface area contributed by atoms with E-state index < -0.39 is 10.0 Å². The van der Waals surface area contributed by atoms with Gasteiger partial charge in [-0.25, -0.2) is 8.42 Å². The Labute approximate surface area is 203 Å². The second-order valence-corrected chi connectivity index (χ2v) is 11.1. The largest absolute Gasteiger partial charge is 0.497 e. The maximum absolute atomic E-state index is 13.8. The number of methoxy groups -OCH3 is 1. The lowest BCUT2D eigenvalue weighted by atomic mass is 10.0. The van der Waals surface area contributed by atoms with Crippen LogP contribution in [-0.2, 0) is 16.6 Å². The molecule has 7 nitrogen and oxygen atoms in total. The van der Waals surface area contributed by atoms with E-state index in [1.54, 1.807) is 35.7 Å². The fourth-order valence-corrected chi connectivity index (χ4v) is 6.72. The van der Waals surface area contributed by atoms with Gasteiger partial charge in [-0.15, -0.1) is 0 Å². The first-order valence-corrected chi connectivity index (χ1v) is 13.5. The van der Waals surface area contributed by atoms with Gasteiger partial charge in [-0.3, -0.25) is 4.90 Å². The topological polar surface area (TPSA) is 76.9 Å². The van der Waals surface area contributed by atoms with Crippen LogP contribution in [0.2, 0.25) is 0 Å². The number of benzene rings is 2. The summed E-state index contributed by atoms with van der Waals surface area (Å²) < 4.78 is 34.5. The van der Waals surface area contributed by atoms with Crippen molar-refractivity contribution in [1.29, 1.82) is 5.26 Å². The highest BCUT2D eigenvalue weighted by molar-refractivity contribution is 7.89. The number of piperidine rings is 1. The van der Waals surface area contributed by atoms with Crippen LogP contribution in [0.5, 0.6) is 5.75 Å². The average Bonchev–Trinajstić information content (AvgIpc) is 3.39. The van der Waals surface area contributed by atoms with Crippen molar-refractivity contribution in [3.8, 4) is 11.8 Å². The number of likely N-dealkylation sites (tertiary alicyclic amines) is 2. The Bertz CT molecular complexity index is 1100. The van der Waals surface area contributed by atoms with Gasteiger partial charge >= 0.3 is 0 Å². The molecule has 0 saturated carbocycles. The first-order valence-electron chi connectivity index (χ1n) is 12.1. The minimum Gasteiger partial charge on any atom is -0.497 e. The highest BCUT2D eigenvalue weighted by Crippen LogP contribution is 2.27. The van der Waals surface area contributed by atoms with E-state index in [0.717, 1.165) is 57.7 Å². The SMILES string of the molecule is COc1cccc(S(=O)(=O)N(CCN2CCCC2)C2CCN(Cc3cccc(C#N)c3)CC2)c1. The van der Waals surface area contributed by atoms with Crippen LogP contribution in [0.3, 0.4) is 0 Å². The van der Waals surface area contributed by atoms with E-state index in [2.05, 4.69) is 15.9 Å². The lowest BCUT2D eigenvalue weighted by Gasteiger charge is -2.38. The first kappa shape index (κ1) is 24.7. The molecular formula is C26H34N4O3S. The van der Waals surface area contributed by atoms with Gasteiger partial charge in [0.05, 0.1) is 23.6 Å². The first-order chi connectivity index (χ1) is 16.5. The van der Waals surface area contributed by atoms with Gasteiger partial charge in [0.15, 0.2) is 0 Å². The minimum atomic E-state index is -3.64. The quantitative estimate of drug-likeness (QED) is 0.546. The summed E-state index contributed by atoms with van der Waals surface area (Å²) >= 11 is 0. The van der Waals surface area contributed by atoms with Crippen LogP contribution >= 0.6 is 0 Å². The average molecular weight is 483 g/mol. The van der Waals surface area contributed by atoms with E-state index in [4.69, 9.17) is 10.00 Å². The van der Waals surface area contributed by atoms with Crippen molar-refractivity contribution in [2.45, 2.75) is 43.2 Å². The van der Waals surface area contributed by atoms with Crippen molar-refractivity contribution in [3.05, 3.63) is 59.7 Å². The van der Waals surface area contributed by atoms with E-state index in [9.17, 15) is 8.42 Å². The summed E-state index contributed by atoms with van der Waals surface area (Å²) in [6.07, 6.45) is 3.96. The van der Waals surface area contributed by atoms with Gasteiger partial charge in [-0.05, 0) is 68.6 Å². The molecule has 34 heavy (non-hydrogen) atoms. The van der Waals surface area contributed by atoms with E-state index in [1.165, 1.54) is 12.8 Å². The third-order valence-electron chi connectivity index (χ3n) is 6.91. The molecular weight excluding hydrogens is 448 g/mol. The zero-order valence-electron chi connectivity index (χ0n) is 19.9. The maximum Gasteiger partial charge on any atom is 0.243 e. The van der Waals surface area contributed by atoms with Gasteiger partial charge in [0.25, 0.3) is 0 Å². The molecule has 0 atom stereocenters. The molecule has 2 aliphatic heterocycles. The van der Waals surface area contributed by atoms with Crippen molar-refractivity contribution in [2.24, 2.45) is 0 Å². The Kier molecular flexibility index (Phi) is 8.22. The molecule has 0 aliphatic carbocycles. The number of nitrogens with zero attached hydrogens (tertiary/aromatic N) is 4. The van der Waals surface area contributed by atoms with E-state index in [-0.39, 0.29) is 6.04 Å². The Morgan fingerprint density at radius 2 is 1.76 bits per heavy atom. The highest BCUT2D eigenvalue weighted by atomic mass is 32.2. The summed E-state index contributed by atoms with van der Waals surface area (Å²) in [5.74, 6) is 0.551. The number of hydrogen-bond acceptors (Lipinski definition) is 6. The predicted octanol–water partition coefficient (Wildman–Crippen LogP) is 3.32. The molecule has 2 aromatic rings. The Hall–Kier alpha value is -2.44. The molecule has 0 amide bonds. The molecule has 0 radical (unpaired) electrons. The summed E-state index contributed by atoms with van der Waals surface area (Å²) in [4.78, 5) is 5.01. The van der Waals surface area contributed by atoms with Gasteiger partial charge in [-0.2, -0.15) is 9.57 Å². The maximum atomic E-state index is 13.8. The van der Waals surface area contributed by atoms with Crippen molar-refractivity contribution >= 4 is 10.0 Å². The van der Waals surface area contributed by atoms with Crippen LogP contribution in [0.4, 0.5) is 0 Å². The summed E-state index contributed by atoms with van der Waals surface area (Å²) in [5, 5.41) is 9.16. The molecule has 2 fully saturated rings. The minimum absolute atomic E-state index is 0.0273. The van der Waals surface area contributed by atoms with Gasteiger partial charge in [0.2, 0.25) is 10.0 Å². The third-order valence-corrected chi connectivity index (χ3v) is 8.86. The molecule has 2 aromatic carbocycles. The number of hydrogen-bond donors (Lipinski definition) is 0. The van der Waals surface area contributed by atoms with Crippen LogP contribution < -0.4 is 4.74 Å². The van der Waals surface area contributed by atoms with E-state index in [1.807, 2.05) is 24.3 Å². The van der Waals surface area contributed by atoms with Crippen LogP contribution in [0.1, 0.15) is 36.8 Å². The lowest BCUT2D eigenvalue weighted by molar-refractivity contribution is 0.147. The summed E-state index contributed by atoms with van der Waals surface area (Å²) in [6.45, 7) is 5.81. The third kappa shape index (κ3) is 5.97. The van der Waals surface area contributed by atoms with Gasteiger partial charge < -0.3 is 9.64 Å². The van der Waals surface area contributed by atoms with Gasteiger partial charge in [0, 0.05) is 44.8 Å². The van der Waals surface area contributed by atoms with Crippen LogP contribution in [0.25, 0.3) is 0 Å². The fraction of sp³-hybridized carbons (Fsp3) is 0.500. The Balaban J connectivity index is 1.47. The normalized spacial score (nSPS) is 18.3. The van der Waals surface area contributed by atoms with Crippen molar-refractivity contribution in [2.75, 3.05) is 46.4 Å². The molecule has 0 aromatic heterocycles. The van der Waals surface area contributed by atoms with Crippen molar-refractivity contribution in [3.63, 3.8) is 0 Å². The van der Waals surface area contributed by atoms with E-state index in [0.29, 0.717) is 22.8 Å². The molecule has 182 valence electrons. The van der Waals surface area contributed by atoms with Crippen molar-refractivity contribution in [1.82, 2.24) is 14.1 Å². The van der Waals surface area contributed by atoms with Crippen LogP contribution in [-0.4, -0.2) is 74.9 Å². The molecule has 2 aliphatic rings.